The van der Waals surface area contributed by atoms with Crippen LogP contribution in [0.15, 0.2) is 11.6 Å². The van der Waals surface area contributed by atoms with Gasteiger partial charge in [0.2, 0.25) is 0 Å². The Bertz CT molecular complexity index is 251. The topological polar surface area (TPSA) is 66.6 Å². The lowest BCUT2D eigenvalue weighted by molar-refractivity contribution is -0.132. The molecule has 0 aromatic rings. The molecule has 0 saturated carbocycles. The van der Waals surface area contributed by atoms with Crippen molar-refractivity contribution in [2.45, 2.75) is 32.2 Å². The van der Waals surface area contributed by atoms with Crippen molar-refractivity contribution in [1.82, 2.24) is 4.90 Å². The Morgan fingerprint density at radius 3 is 2.93 bits per heavy atom. The predicted octanol–water partition coefficient (Wildman–Crippen LogP) is 0.831. The fraction of sp³-hybridized carbons (Fsp3) is 0.727. The molecular weight excluding hydrogens is 192 g/mol. The molecule has 1 aliphatic rings. The highest BCUT2D eigenvalue weighted by atomic mass is 16.4. The summed E-state index contributed by atoms with van der Waals surface area (Å²) >= 11 is 0. The Balaban J connectivity index is 2.43. The monoisotopic (exact) mass is 212 g/mol. The van der Waals surface area contributed by atoms with E-state index in [1.807, 2.05) is 6.92 Å². The lowest BCUT2D eigenvalue weighted by Crippen LogP contribution is -2.42. The molecule has 15 heavy (non-hydrogen) atoms. The van der Waals surface area contributed by atoms with Crippen LogP contribution < -0.4 is 5.73 Å². The summed E-state index contributed by atoms with van der Waals surface area (Å²) in [6, 6.07) is 0.252. The first-order valence-corrected chi connectivity index (χ1v) is 5.53. The zero-order valence-corrected chi connectivity index (χ0v) is 9.28. The number of carboxylic acid groups (broad SMARTS) is 1. The van der Waals surface area contributed by atoms with Gasteiger partial charge in [0.1, 0.15) is 0 Å². The lowest BCUT2D eigenvalue weighted by Gasteiger charge is -2.29. The van der Waals surface area contributed by atoms with E-state index in [0.29, 0.717) is 18.5 Å². The highest BCUT2D eigenvalue weighted by Crippen LogP contribution is 2.09. The Hall–Kier alpha value is -0.870. The van der Waals surface area contributed by atoms with Crippen LogP contribution in [-0.2, 0) is 4.79 Å². The number of hydrogen-bond donors (Lipinski definition) is 2. The van der Waals surface area contributed by atoms with E-state index in [4.69, 9.17) is 10.8 Å². The number of carbonyl (C=O) groups is 1. The molecule has 0 aromatic carbocycles. The summed E-state index contributed by atoms with van der Waals surface area (Å²) in [5.74, 6) is -0.807. The van der Waals surface area contributed by atoms with Gasteiger partial charge in [-0.1, -0.05) is 13.0 Å². The first-order valence-electron chi connectivity index (χ1n) is 5.53. The van der Waals surface area contributed by atoms with Crippen LogP contribution in [0.2, 0.25) is 0 Å². The molecule has 86 valence electrons. The van der Waals surface area contributed by atoms with Crippen LogP contribution in [-0.4, -0.2) is 41.7 Å². The number of piperidine rings is 1. The summed E-state index contributed by atoms with van der Waals surface area (Å²) in [5, 5.41) is 8.84. The molecule has 4 heteroatoms. The molecule has 0 spiro atoms. The lowest BCUT2D eigenvalue weighted by atomic mass is 10.1. The molecule has 1 atom stereocenters. The molecule has 0 bridgehead atoms. The van der Waals surface area contributed by atoms with E-state index in [1.54, 1.807) is 6.08 Å². The van der Waals surface area contributed by atoms with Gasteiger partial charge in [-0.2, -0.15) is 0 Å². The number of nitrogens with zero attached hydrogens (tertiary/aromatic N) is 1. The summed E-state index contributed by atoms with van der Waals surface area (Å²) in [6.07, 6.45) is 4.58. The normalized spacial score (nSPS) is 24.1. The third-order valence-electron chi connectivity index (χ3n) is 2.79. The second-order valence-electron chi connectivity index (χ2n) is 4.05. The number of rotatable bonds is 4. The van der Waals surface area contributed by atoms with Gasteiger partial charge in [0, 0.05) is 24.7 Å². The van der Waals surface area contributed by atoms with Gasteiger partial charge in [0.25, 0.3) is 0 Å². The Morgan fingerprint density at radius 2 is 2.40 bits per heavy atom. The van der Waals surface area contributed by atoms with E-state index < -0.39 is 5.97 Å². The van der Waals surface area contributed by atoms with Gasteiger partial charge < -0.3 is 10.8 Å². The molecular formula is C11H20N2O2. The number of carboxylic acids is 1. The zero-order valence-electron chi connectivity index (χ0n) is 9.28. The van der Waals surface area contributed by atoms with Crippen molar-refractivity contribution in [3.63, 3.8) is 0 Å². The number of nitrogens with two attached hydrogens (primary N) is 1. The van der Waals surface area contributed by atoms with Crippen molar-refractivity contribution in [2.75, 3.05) is 19.6 Å². The van der Waals surface area contributed by atoms with Crippen LogP contribution in [0.3, 0.4) is 0 Å². The van der Waals surface area contributed by atoms with E-state index >= 15 is 0 Å². The third-order valence-corrected chi connectivity index (χ3v) is 2.79. The van der Waals surface area contributed by atoms with Crippen LogP contribution >= 0.6 is 0 Å². The van der Waals surface area contributed by atoms with Gasteiger partial charge in [-0.05, 0) is 25.8 Å². The highest BCUT2D eigenvalue weighted by Gasteiger charge is 2.15. The average molecular weight is 212 g/mol. The molecule has 0 aliphatic carbocycles. The van der Waals surface area contributed by atoms with E-state index in [2.05, 4.69) is 4.90 Å². The van der Waals surface area contributed by atoms with E-state index in [0.717, 1.165) is 25.9 Å². The van der Waals surface area contributed by atoms with E-state index in [1.165, 1.54) is 0 Å². The zero-order chi connectivity index (χ0) is 11.3. The predicted molar refractivity (Wildman–Crippen MR) is 59.7 cm³/mol. The number of hydrogen-bond acceptors (Lipinski definition) is 3. The van der Waals surface area contributed by atoms with Crippen LogP contribution in [0.25, 0.3) is 0 Å². The summed E-state index contributed by atoms with van der Waals surface area (Å²) in [5.41, 5.74) is 6.34. The Morgan fingerprint density at radius 1 is 1.67 bits per heavy atom. The molecule has 1 heterocycles. The summed E-state index contributed by atoms with van der Waals surface area (Å²) in [6.45, 7) is 4.49. The van der Waals surface area contributed by atoms with Gasteiger partial charge in [-0.15, -0.1) is 0 Å². The minimum absolute atomic E-state index is 0.252. The molecule has 1 unspecified atom stereocenters. The smallest absolute Gasteiger partial charge is 0.331 e. The van der Waals surface area contributed by atoms with Gasteiger partial charge in [-0.3, -0.25) is 4.90 Å². The molecule has 1 fully saturated rings. The fourth-order valence-corrected chi connectivity index (χ4v) is 1.88. The summed E-state index contributed by atoms with van der Waals surface area (Å²) in [4.78, 5) is 13.0. The largest absolute Gasteiger partial charge is 0.478 e. The number of likely N-dealkylation sites (tertiary alicyclic amines) is 1. The quantitative estimate of drug-likeness (QED) is 0.677. The molecule has 0 amide bonds. The minimum atomic E-state index is -0.807. The summed E-state index contributed by atoms with van der Waals surface area (Å²) in [7, 11) is 0. The Kier molecular flexibility index (Phi) is 4.78. The molecule has 1 rings (SSSR count). The van der Waals surface area contributed by atoms with Gasteiger partial charge in [-0.25, -0.2) is 4.79 Å². The van der Waals surface area contributed by atoms with Crippen molar-refractivity contribution in [3.05, 3.63) is 11.6 Å². The maximum Gasteiger partial charge on any atom is 0.331 e. The second-order valence-corrected chi connectivity index (χ2v) is 4.05. The van der Waals surface area contributed by atoms with Crippen LogP contribution in [0, 0.1) is 0 Å². The van der Waals surface area contributed by atoms with Crippen molar-refractivity contribution in [3.8, 4) is 0 Å². The van der Waals surface area contributed by atoms with Crippen LogP contribution in [0.5, 0.6) is 0 Å². The SMILES string of the molecule is CCC(=CCN1CCCC(N)C1)C(=O)O. The van der Waals surface area contributed by atoms with Crippen LogP contribution in [0.1, 0.15) is 26.2 Å². The van der Waals surface area contributed by atoms with E-state index in [-0.39, 0.29) is 6.04 Å². The van der Waals surface area contributed by atoms with Crippen molar-refractivity contribution < 1.29 is 9.90 Å². The number of aliphatic carboxylic acids is 1. The van der Waals surface area contributed by atoms with Crippen molar-refractivity contribution in [1.29, 1.82) is 0 Å². The highest BCUT2D eigenvalue weighted by molar-refractivity contribution is 5.86. The fourth-order valence-electron chi connectivity index (χ4n) is 1.88. The Labute approximate surface area is 90.7 Å². The van der Waals surface area contributed by atoms with Gasteiger partial charge in [0.05, 0.1) is 0 Å². The second kappa shape index (κ2) is 5.88. The van der Waals surface area contributed by atoms with Gasteiger partial charge >= 0.3 is 5.97 Å². The first-order chi connectivity index (χ1) is 7.13. The first kappa shape index (κ1) is 12.2. The van der Waals surface area contributed by atoms with Gasteiger partial charge in [0.15, 0.2) is 0 Å². The molecule has 0 radical (unpaired) electrons. The molecule has 4 nitrogen and oxygen atoms in total. The summed E-state index contributed by atoms with van der Waals surface area (Å²) < 4.78 is 0. The molecule has 0 aromatic heterocycles. The molecule has 3 N–H and O–H groups in total. The van der Waals surface area contributed by atoms with Crippen molar-refractivity contribution in [2.24, 2.45) is 5.73 Å². The third kappa shape index (κ3) is 4.01. The van der Waals surface area contributed by atoms with E-state index in [9.17, 15) is 4.79 Å². The standard InChI is InChI=1S/C11H20N2O2/c1-2-9(11(14)15)5-7-13-6-3-4-10(12)8-13/h5,10H,2-4,6-8,12H2,1H3,(H,14,15). The van der Waals surface area contributed by atoms with Crippen LogP contribution in [0.4, 0.5) is 0 Å². The average Bonchev–Trinajstić information content (AvgIpc) is 2.18. The maximum atomic E-state index is 10.8. The molecule has 1 saturated heterocycles. The molecule has 1 aliphatic heterocycles. The minimum Gasteiger partial charge on any atom is -0.478 e. The maximum absolute atomic E-state index is 10.8. The van der Waals surface area contributed by atoms with Crippen molar-refractivity contribution >= 4 is 5.97 Å².